The van der Waals surface area contributed by atoms with Crippen LogP contribution in [0, 0.1) is 22.0 Å². The molecular formula is C14H24N4O5. The Morgan fingerprint density at radius 2 is 2.26 bits per heavy atom. The van der Waals surface area contributed by atoms with Gasteiger partial charge in [0, 0.05) is 19.0 Å². The summed E-state index contributed by atoms with van der Waals surface area (Å²) in [4.78, 5) is 25.9. The molecule has 9 heteroatoms. The van der Waals surface area contributed by atoms with Crippen molar-refractivity contribution in [1.29, 1.82) is 0 Å². The van der Waals surface area contributed by atoms with Crippen LogP contribution in [0.2, 0.25) is 0 Å². The van der Waals surface area contributed by atoms with E-state index in [1.165, 1.54) is 4.90 Å². The first-order valence-corrected chi connectivity index (χ1v) is 7.90. The Balaban J connectivity index is 2.03. The summed E-state index contributed by atoms with van der Waals surface area (Å²) >= 11 is 0. The molecule has 2 aliphatic rings. The highest BCUT2D eigenvalue weighted by molar-refractivity contribution is 5.95. The van der Waals surface area contributed by atoms with Crippen LogP contribution in [0.4, 0.5) is 4.79 Å². The highest BCUT2D eigenvalue weighted by Crippen LogP contribution is 2.22. The number of hydrogen-bond acceptors (Lipinski definition) is 5. The van der Waals surface area contributed by atoms with Crippen LogP contribution >= 0.6 is 0 Å². The third-order valence-electron chi connectivity index (χ3n) is 3.81. The number of ether oxygens (including phenoxy) is 2. The fourth-order valence-corrected chi connectivity index (χ4v) is 2.79. The van der Waals surface area contributed by atoms with Crippen molar-refractivity contribution in [2.75, 3.05) is 32.8 Å². The first-order valence-electron chi connectivity index (χ1n) is 7.90. The van der Waals surface area contributed by atoms with Gasteiger partial charge in [-0.1, -0.05) is 13.8 Å². The normalized spacial score (nSPS) is 26.3. The average molecular weight is 328 g/mol. The second-order valence-corrected chi connectivity index (χ2v) is 6.45. The fourth-order valence-electron chi connectivity index (χ4n) is 2.79. The molecule has 0 aliphatic carbocycles. The zero-order valence-electron chi connectivity index (χ0n) is 13.8. The Morgan fingerprint density at radius 1 is 1.52 bits per heavy atom. The van der Waals surface area contributed by atoms with Crippen LogP contribution in [0.3, 0.4) is 0 Å². The number of nitro groups is 1. The van der Waals surface area contributed by atoms with Gasteiger partial charge in [0.15, 0.2) is 5.03 Å². The van der Waals surface area contributed by atoms with E-state index in [2.05, 4.69) is 5.10 Å². The van der Waals surface area contributed by atoms with Crippen LogP contribution in [0.5, 0.6) is 0 Å². The third-order valence-corrected chi connectivity index (χ3v) is 3.81. The van der Waals surface area contributed by atoms with Gasteiger partial charge in [-0.2, -0.15) is 0 Å². The van der Waals surface area contributed by atoms with Gasteiger partial charge in [-0.25, -0.2) is 19.8 Å². The maximum atomic E-state index is 12.1. The molecule has 2 atom stereocenters. The number of amides is 1. The Hall–Kier alpha value is -1.90. The molecule has 0 radical (unpaired) electrons. The van der Waals surface area contributed by atoms with Crippen LogP contribution in [-0.2, 0) is 9.47 Å². The van der Waals surface area contributed by atoms with E-state index < -0.39 is 11.1 Å². The molecule has 23 heavy (non-hydrogen) atoms. The summed E-state index contributed by atoms with van der Waals surface area (Å²) in [5.41, 5.74) is 0. The summed E-state index contributed by atoms with van der Waals surface area (Å²) < 4.78 is 10.7. The van der Waals surface area contributed by atoms with E-state index >= 15 is 0 Å². The molecule has 2 unspecified atom stereocenters. The van der Waals surface area contributed by atoms with Gasteiger partial charge >= 0.3 is 6.09 Å². The SMILES string of the molecule is CC(C)COC(=O)N1CCN(CC2COC(C)C2)C1=N[N+](=O)[O-]. The number of nitrogens with zero attached hydrogens (tertiary/aromatic N) is 4. The predicted molar refractivity (Wildman–Crippen MR) is 82.4 cm³/mol. The average Bonchev–Trinajstić information content (AvgIpc) is 3.03. The quantitative estimate of drug-likeness (QED) is 0.558. The van der Waals surface area contributed by atoms with Crippen molar-refractivity contribution < 1.29 is 19.3 Å². The summed E-state index contributed by atoms with van der Waals surface area (Å²) in [6.45, 7) is 8.20. The monoisotopic (exact) mass is 328 g/mol. The number of carbonyl (C=O) groups is 1. The van der Waals surface area contributed by atoms with Crippen LogP contribution in [0.1, 0.15) is 27.2 Å². The largest absolute Gasteiger partial charge is 0.449 e. The standard InChI is InChI=1S/C14H24N4O5/c1-10(2)8-23-14(19)17-5-4-16(13(17)15-18(20)21)7-12-6-11(3)22-9-12/h10-12H,4-9H2,1-3H3. The lowest BCUT2D eigenvalue weighted by atomic mass is 10.1. The zero-order valence-corrected chi connectivity index (χ0v) is 13.8. The summed E-state index contributed by atoms with van der Waals surface area (Å²) in [5, 5.41) is 13.4. The number of hydrogen-bond donors (Lipinski definition) is 0. The van der Waals surface area contributed by atoms with Gasteiger partial charge in [0.2, 0.25) is 0 Å². The van der Waals surface area contributed by atoms with Gasteiger partial charge in [0.1, 0.15) is 5.10 Å². The van der Waals surface area contributed by atoms with E-state index in [1.54, 1.807) is 4.90 Å². The van der Waals surface area contributed by atoms with Crippen LogP contribution < -0.4 is 0 Å². The zero-order chi connectivity index (χ0) is 17.0. The molecule has 2 saturated heterocycles. The topological polar surface area (TPSA) is 97.5 Å². The minimum atomic E-state index is -0.774. The molecule has 2 aliphatic heterocycles. The van der Waals surface area contributed by atoms with E-state index in [0.29, 0.717) is 26.2 Å². The van der Waals surface area contributed by atoms with Crippen molar-refractivity contribution in [2.45, 2.75) is 33.3 Å². The molecule has 2 rings (SSSR count). The second kappa shape index (κ2) is 7.58. The smallest absolute Gasteiger partial charge is 0.416 e. The summed E-state index contributed by atoms with van der Waals surface area (Å²) in [7, 11) is 0. The molecule has 0 spiro atoms. The molecule has 0 N–H and O–H groups in total. The van der Waals surface area contributed by atoms with E-state index in [-0.39, 0.29) is 30.5 Å². The summed E-state index contributed by atoms with van der Waals surface area (Å²) in [6, 6.07) is 0. The van der Waals surface area contributed by atoms with Crippen LogP contribution in [-0.4, -0.2) is 65.8 Å². The minimum Gasteiger partial charge on any atom is -0.449 e. The van der Waals surface area contributed by atoms with Crippen molar-refractivity contribution in [3.63, 3.8) is 0 Å². The lowest BCUT2D eigenvalue weighted by molar-refractivity contribution is -0.486. The van der Waals surface area contributed by atoms with Crippen molar-refractivity contribution in [1.82, 2.24) is 9.80 Å². The van der Waals surface area contributed by atoms with Gasteiger partial charge in [0.05, 0.1) is 25.9 Å². The van der Waals surface area contributed by atoms with E-state index in [4.69, 9.17) is 9.47 Å². The van der Waals surface area contributed by atoms with Crippen molar-refractivity contribution >= 4 is 12.1 Å². The Morgan fingerprint density at radius 3 is 2.83 bits per heavy atom. The van der Waals surface area contributed by atoms with Crippen LogP contribution in [0.15, 0.2) is 5.10 Å². The Labute approximate surface area is 135 Å². The lowest BCUT2D eigenvalue weighted by Gasteiger charge is -2.21. The number of guanidine groups is 1. The molecule has 130 valence electrons. The molecule has 9 nitrogen and oxygen atoms in total. The highest BCUT2D eigenvalue weighted by atomic mass is 16.7. The number of rotatable bonds is 5. The Bertz CT molecular complexity index is 482. The summed E-state index contributed by atoms with van der Waals surface area (Å²) in [5.74, 6) is 0.544. The lowest BCUT2D eigenvalue weighted by Crippen LogP contribution is -2.40. The van der Waals surface area contributed by atoms with E-state index in [1.807, 2.05) is 20.8 Å². The highest BCUT2D eigenvalue weighted by Gasteiger charge is 2.37. The molecule has 2 fully saturated rings. The summed E-state index contributed by atoms with van der Waals surface area (Å²) in [6.07, 6.45) is 0.517. The van der Waals surface area contributed by atoms with Gasteiger partial charge in [-0.05, 0) is 19.3 Å². The third kappa shape index (κ3) is 4.78. The molecule has 0 aromatic heterocycles. The van der Waals surface area contributed by atoms with E-state index in [0.717, 1.165) is 6.42 Å². The van der Waals surface area contributed by atoms with Gasteiger partial charge in [0.25, 0.3) is 5.96 Å². The maximum Gasteiger partial charge on any atom is 0.416 e. The first-order chi connectivity index (χ1) is 10.9. The minimum absolute atomic E-state index is 0.0586. The van der Waals surface area contributed by atoms with Crippen molar-refractivity contribution in [2.24, 2.45) is 16.9 Å². The molecule has 1 amide bonds. The van der Waals surface area contributed by atoms with Crippen molar-refractivity contribution in [3.8, 4) is 0 Å². The van der Waals surface area contributed by atoms with Crippen LogP contribution in [0.25, 0.3) is 0 Å². The van der Waals surface area contributed by atoms with Gasteiger partial charge in [-0.3, -0.25) is 0 Å². The maximum absolute atomic E-state index is 12.1. The first kappa shape index (κ1) is 17.5. The second-order valence-electron chi connectivity index (χ2n) is 6.45. The molecule has 0 aromatic rings. The number of hydrazone groups is 1. The molecule has 0 aromatic carbocycles. The fraction of sp³-hybridized carbons (Fsp3) is 0.857. The van der Waals surface area contributed by atoms with E-state index in [9.17, 15) is 14.9 Å². The van der Waals surface area contributed by atoms with Gasteiger partial charge in [-0.15, -0.1) is 0 Å². The van der Waals surface area contributed by atoms with Gasteiger partial charge < -0.3 is 14.4 Å². The number of carbonyl (C=O) groups excluding carboxylic acids is 1. The molecule has 0 bridgehead atoms. The van der Waals surface area contributed by atoms with Crippen molar-refractivity contribution in [3.05, 3.63) is 10.1 Å². The Kier molecular flexibility index (Phi) is 5.75. The molecular weight excluding hydrogens is 304 g/mol. The molecule has 2 heterocycles. The molecule has 0 saturated carbocycles. The predicted octanol–water partition coefficient (Wildman–Crippen LogP) is 1.37.